The van der Waals surface area contributed by atoms with Gasteiger partial charge in [0.2, 0.25) is 0 Å². The fraction of sp³-hybridized carbons (Fsp3) is 0.0625. The highest BCUT2D eigenvalue weighted by atomic mass is 35.5. The molecule has 0 unspecified atom stereocenters. The van der Waals surface area contributed by atoms with Crippen LogP contribution in [0.5, 0.6) is 0 Å². The summed E-state index contributed by atoms with van der Waals surface area (Å²) in [5.74, 6) is -0.246. The largest absolute Gasteiger partial charge is 0.269 e. The first kappa shape index (κ1) is 14.7. The summed E-state index contributed by atoms with van der Waals surface area (Å²) in [5, 5.41) is 0.639. The van der Waals surface area contributed by atoms with Crippen molar-refractivity contribution < 1.29 is 9.59 Å². The van der Waals surface area contributed by atoms with Crippen LogP contribution in [0.4, 0.5) is 0 Å². The van der Waals surface area contributed by atoms with E-state index < -0.39 is 0 Å². The first-order valence-corrected chi connectivity index (χ1v) is 8.95. The molecule has 2 amide bonds. The van der Waals surface area contributed by atoms with E-state index in [9.17, 15) is 9.59 Å². The molecule has 7 heteroatoms. The van der Waals surface area contributed by atoms with Crippen LogP contribution in [0.15, 0.2) is 46.8 Å². The fourth-order valence-electron chi connectivity index (χ4n) is 2.42. The van der Waals surface area contributed by atoms with Gasteiger partial charge in [-0.3, -0.25) is 14.5 Å². The van der Waals surface area contributed by atoms with Crippen LogP contribution in [-0.2, 0) is 0 Å². The van der Waals surface area contributed by atoms with Crippen molar-refractivity contribution >= 4 is 56.7 Å². The average Bonchev–Trinajstić information content (AvgIpc) is 3.06. The smallest absolute Gasteiger partial charge is 0.262 e. The molecule has 0 radical (unpaired) electrons. The molecule has 0 spiro atoms. The molecule has 2 aromatic carbocycles. The summed E-state index contributed by atoms with van der Waals surface area (Å²) in [5.41, 5.74) is 1.76. The number of aromatic nitrogens is 1. The number of hydrogen-bond acceptors (Lipinski definition) is 5. The van der Waals surface area contributed by atoms with E-state index in [0.717, 1.165) is 14.6 Å². The number of thioether (sulfide) groups is 1. The van der Waals surface area contributed by atoms with Crippen molar-refractivity contribution in [1.82, 2.24) is 9.88 Å². The molecule has 0 atom stereocenters. The molecule has 1 aliphatic heterocycles. The van der Waals surface area contributed by atoms with Crippen LogP contribution in [0.2, 0.25) is 5.02 Å². The third-order valence-electron chi connectivity index (χ3n) is 3.53. The number of carbonyl (C=O) groups excluding carboxylic acids is 2. The van der Waals surface area contributed by atoms with Crippen molar-refractivity contribution in [3.63, 3.8) is 0 Å². The molecule has 1 aromatic heterocycles. The van der Waals surface area contributed by atoms with Crippen LogP contribution in [0.3, 0.4) is 0 Å². The molecule has 0 saturated carbocycles. The van der Waals surface area contributed by atoms with E-state index in [-0.39, 0.29) is 17.7 Å². The van der Waals surface area contributed by atoms with Crippen molar-refractivity contribution in [3.05, 3.63) is 58.6 Å². The van der Waals surface area contributed by atoms with Crippen LogP contribution in [0.25, 0.3) is 10.2 Å². The Morgan fingerprint density at radius 2 is 1.78 bits per heavy atom. The lowest BCUT2D eigenvalue weighted by molar-refractivity contribution is 0.0684. The van der Waals surface area contributed by atoms with Gasteiger partial charge in [-0.2, -0.15) is 0 Å². The lowest BCUT2D eigenvalue weighted by Crippen LogP contribution is -2.29. The maximum absolute atomic E-state index is 12.3. The number of imide groups is 1. The topological polar surface area (TPSA) is 50.3 Å². The minimum Gasteiger partial charge on any atom is -0.269 e. The highest BCUT2D eigenvalue weighted by Gasteiger charge is 2.35. The zero-order chi connectivity index (χ0) is 16.0. The number of rotatable bonds is 3. The molecule has 23 heavy (non-hydrogen) atoms. The number of benzene rings is 2. The van der Waals surface area contributed by atoms with Crippen molar-refractivity contribution in [2.45, 2.75) is 4.34 Å². The number of thiazole rings is 1. The van der Waals surface area contributed by atoms with Crippen LogP contribution < -0.4 is 0 Å². The van der Waals surface area contributed by atoms with Gasteiger partial charge >= 0.3 is 0 Å². The molecule has 3 aromatic rings. The number of amides is 2. The van der Waals surface area contributed by atoms with Gasteiger partial charge in [0.15, 0.2) is 4.34 Å². The second kappa shape index (κ2) is 5.63. The van der Waals surface area contributed by atoms with Crippen molar-refractivity contribution in [2.75, 3.05) is 5.88 Å². The van der Waals surface area contributed by atoms with E-state index in [4.69, 9.17) is 11.6 Å². The summed E-state index contributed by atoms with van der Waals surface area (Å²) >= 11 is 8.85. The van der Waals surface area contributed by atoms with Crippen LogP contribution in [0, 0.1) is 0 Å². The normalized spacial score (nSPS) is 13.9. The van der Waals surface area contributed by atoms with Gasteiger partial charge in [0.25, 0.3) is 11.8 Å². The molecule has 114 valence electrons. The first-order valence-electron chi connectivity index (χ1n) is 6.77. The number of fused-ring (bicyclic) bond motifs is 2. The Morgan fingerprint density at radius 3 is 2.48 bits per heavy atom. The van der Waals surface area contributed by atoms with Crippen LogP contribution in [-0.4, -0.2) is 27.6 Å². The van der Waals surface area contributed by atoms with Gasteiger partial charge in [0.1, 0.15) is 0 Å². The average molecular weight is 361 g/mol. The van der Waals surface area contributed by atoms with E-state index in [1.165, 1.54) is 28.0 Å². The number of carbonyl (C=O) groups is 2. The minimum atomic E-state index is -0.248. The SMILES string of the molecule is O=C1c2ccccc2C(=O)N1CSc1nc2cc(Cl)ccc2s1. The Hall–Kier alpha value is -1.89. The summed E-state index contributed by atoms with van der Waals surface area (Å²) < 4.78 is 1.83. The number of hydrogen-bond donors (Lipinski definition) is 0. The van der Waals surface area contributed by atoms with Gasteiger partial charge in [-0.25, -0.2) is 4.98 Å². The number of halogens is 1. The summed E-state index contributed by atoms with van der Waals surface area (Å²) in [6.07, 6.45) is 0. The van der Waals surface area contributed by atoms with Crippen LogP contribution >= 0.6 is 34.7 Å². The fourth-order valence-corrected chi connectivity index (χ4v) is 4.56. The standard InChI is InChI=1S/C16H9ClN2O2S2/c17-9-5-6-13-12(7-9)18-16(23-13)22-8-19-14(20)10-3-1-2-4-11(10)15(19)21/h1-7H,8H2. The van der Waals surface area contributed by atoms with E-state index in [2.05, 4.69) is 4.98 Å². The Morgan fingerprint density at radius 1 is 1.09 bits per heavy atom. The highest BCUT2D eigenvalue weighted by Crippen LogP contribution is 2.33. The molecule has 0 saturated heterocycles. The number of nitrogens with zero attached hydrogens (tertiary/aromatic N) is 2. The van der Waals surface area contributed by atoms with E-state index in [0.29, 0.717) is 16.1 Å². The van der Waals surface area contributed by atoms with Crippen molar-refractivity contribution in [1.29, 1.82) is 0 Å². The molecular weight excluding hydrogens is 352 g/mol. The predicted octanol–water partition coefficient (Wildman–Crippen LogP) is 4.30. The van der Waals surface area contributed by atoms with E-state index in [1.807, 2.05) is 12.1 Å². The Balaban J connectivity index is 1.55. The van der Waals surface area contributed by atoms with Gasteiger partial charge in [-0.1, -0.05) is 35.5 Å². The zero-order valence-corrected chi connectivity index (χ0v) is 14.0. The van der Waals surface area contributed by atoms with Gasteiger partial charge in [0, 0.05) is 5.02 Å². The molecule has 0 N–H and O–H groups in total. The minimum absolute atomic E-state index is 0.248. The maximum Gasteiger partial charge on any atom is 0.262 e. The van der Waals surface area contributed by atoms with Gasteiger partial charge in [-0.15, -0.1) is 11.3 Å². The van der Waals surface area contributed by atoms with Gasteiger partial charge < -0.3 is 0 Å². The molecule has 2 heterocycles. The Labute approximate surface area is 145 Å². The van der Waals surface area contributed by atoms with Crippen molar-refractivity contribution in [2.24, 2.45) is 0 Å². The van der Waals surface area contributed by atoms with Crippen LogP contribution in [0.1, 0.15) is 20.7 Å². The first-order chi connectivity index (χ1) is 11.1. The molecule has 0 aliphatic carbocycles. The summed E-state index contributed by atoms with van der Waals surface area (Å²) in [6, 6.07) is 12.4. The quantitative estimate of drug-likeness (QED) is 0.516. The second-order valence-electron chi connectivity index (χ2n) is 4.95. The Kier molecular flexibility index (Phi) is 3.60. The molecule has 0 bridgehead atoms. The summed E-state index contributed by atoms with van der Waals surface area (Å²) in [7, 11) is 0. The van der Waals surface area contributed by atoms with E-state index >= 15 is 0 Å². The highest BCUT2D eigenvalue weighted by molar-refractivity contribution is 8.01. The molecular formula is C16H9ClN2O2S2. The molecule has 1 aliphatic rings. The third-order valence-corrected chi connectivity index (χ3v) is 5.92. The lowest BCUT2D eigenvalue weighted by Gasteiger charge is -2.11. The zero-order valence-electron chi connectivity index (χ0n) is 11.7. The maximum atomic E-state index is 12.3. The van der Waals surface area contributed by atoms with Crippen molar-refractivity contribution in [3.8, 4) is 0 Å². The summed E-state index contributed by atoms with van der Waals surface area (Å²) in [6.45, 7) is 0. The van der Waals surface area contributed by atoms with Gasteiger partial charge in [-0.05, 0) is 30.3 Å². The molecule has 4 rings (SSSR count). The lowest BCUT2D eigenvalue weighted by atomic mass is 10.1. The van der Waals surface area contributed by atoms with E-state index in [1.54, 1.807) is 30.3 Å². The molecule has 4 nitrogen and oxygen atoms in total. The predicted molar refractivity (Wildman–Crippen MR) is 92.3 cm³/mol. The third kappa shape index (κ3) is 2.52. The van der Waals surface area contributed by atoms with Gasteiger partial charge in [0.05, 0.1) is 27.2 Å². The second-order valence-corrected chi connectivity index (χ2v) is 7.61. The molecule has 0 fully saturated rings. The monoisotopic (exact) mass is 360 g/mol. The Bertz CT molecular complexity index is 919. The summed E-state index contributed by atoms with van der Waals surface area (Å²) in [4.78, 5) is 30.3.